The molecule has 5 nitrogen and oxygen atoms in total. The molecular formula is C22H19Cl2NO4. The van der Waals surface area contributed by atoms with Gasteiger partial charge in [0.05, 0.1) is 27.0 Å². The lowest BCUT2D eigenvalue weighted by atomic mass is 9.98. The average Bonchev–Trinajstić information content (AvgIpc) is 3.00. The Morgan fingerprint density at radius 3 is 2.66 bits per heavy atom. The molecule has 0 bridgehead atoms. The van der Waals surface area contributed by atoms with Gasteiger partial charge in [-0.3, -0.25) is 9.59 Å². The smallest absolute Gasteiger partial charge is 0.290 e. The lowest BCUT2D eigenvalue weighted by molar-refractivity contribution is 0.0696. The maximum Gasteiger partial charge on any atom is 0.290 e. The summed E-state index contributed by atoms with van der Waals surface area (Å²) in [5.74, 6) is -0.225. The van der Waals surface area contributed by atoms with Crippen molar-refractivity contribution in [3.63, 3.8) is 0 Å². The Kier molecular flexibility index (Phi) is 5.63. The molecule has 2 aromatic carbocycles. The van der Waals surface area contributed by atoms with Gasteiger partial charge in [-0.1, -0.05) is 41.4 Å². The highest BCUT2D eigenvalue weighted by Crippen LogP contribution is 2.39. The van der Waals surface area contributed by atoms with Crippen LogP contribution >= 0.6 is 23.2 Å². The molecule has 0 radical (unpaired) electrons. The molecule has 7 heteroatoms. The number of hydrogen-bond donors (Lipinski definition) is 0. The fraction of sp³-hybridized carbons (Fsp3) is 0.273. The fourth-order valence-electron chi connectivity index (χ4n) is 3.71. The van der Waals surface area contributed by atoms with Crippen molar-refractivity contribution in [2.75, 3.05) is 19.8 Å². The first-order valence-corrected chi connectivity index (χ1v) is 10.2. The molecule has 1 amide bonds. The van der Waals surface area contributed by atoms with Crippen molar-refractivity contribution in [1.29, 1.82) is 0 Å². The van der Waals surface area contributed by atoms with Crippen LogP contribution in [0.1, 0.15) is 41.1 Å². The van der Waals surface area contributed by atoms with E-state index in [2.05, 4.69) is 0 Å². The standard InChI is InChI=1S/C22H19Cl2NO4/c1-2-28-11-5-10-25-19(13-8-9-15(23)16(24)12-13)18-20(26)14-6-3-4-7-17(14)29-21(18)22(25)27/h3-4,6-9,12,19H,2,5,10-11H2,1H3. The minimum absolute atomic E-state index is 0.0844. The van der Waals surface area contributed by atoms with Crippen molar-refractivity contribution >= 4 is 40.1 Å². The molecule has 2 heterocycles. The van der Waals surface area contributed by atoms with E-state index in [4.69, 9.17) is 32.4 Å². The van der Waals surface area contributed by atoms with Gasteiger partial charge in [-0.15, -0.1) is 0 Å². The van der Waals surface area contributed by atoms with Gasteiger partial charge in [0.15, 0.2) is 5.43 Å². The van der Waals surface area contributed by atoms with E-state index in [9.17, 15) is 9.59 Å². The minimum atomic E-state index is -0.588. The Bertz CT molecular complexity index is 1140. The third-order valence-electron chi connectivity index (χ3n) is 5.02. The first-order valence-electron chi connectivity index (χ1n) is 9.42. The number of halogens is 2. The summed E-state index contributed by atoms with van der Waals surface area (Å²) in [5, 5.41) is 1.22. The number of para-hydroxylation sites is 1. The SMILES string of the molecule is CCOCCCN1C(=O)c2oc3ccccc3c(=O)c2C1c1ccc(Cl)c(Cl)c1. The number of benzene rings is 2. The third-order valence-corrected chi connectivity index (χ3v) is 5.76. The van der Waals surface area contributed by atoms with Crippen LogP contribution in [0.4, 0.5) is 0 Å². The van der Waals surface area contributed by atoms with Crippen LogP contribution in [-0.4, -0.2) is 30.6 Å². The predicted octanol–water partition coefficient (Wildman–Crippen LogP) is 5.07. The molecule has 1 aromatic heterocycles. The predicted molar refractivity (Wildman–Crippen MR) is 113 cm³/mol. The molecule has 29 heavy (non-hydrogen) atoms. The largest absolute Gasteiger partial charge is 0.450 e. The number of rotatable bonds is 6. The summed E-state index contributed by atoms with van der Waals surface area (Å²) in [4.78, 5) is 28.1. The lowest BCUT2D eigenvalue weighted by Crippen LogP contribution is -2.31. The summed E-state index contributed by atoms with van der Waals surface area (Å²) in [6.07, 6.45) is 0.638. The van der Waals surface area contributed by atoms with Gasteiger partial charge < -0.3 is 14.1 Å². The van der Waals surface area contributed by atoms with Crippen molar-refractivity contribution in [2.24, 2.45) is 0 Å². The van der Waals surface area contributed by atoms with Crippen molar-refractivity contribution in [3.8, 4) is 0 Å². The average molecular weight is 432 g/mol. The molecule has 1 atom stereocenters. The summed E-state index contributed by atoms with van der Waals surface area (Å²) in [6.45, 7) is 3.47. The number of amides is 1. The van der Waals surface area contributed by atoms with Crippen molar-refractivity contribution < 1.29 is 13.9 Å². The zero-order valence-corrected chi connectivity index (χ0v) is 17.3. The van der Waals surface area contributed by atoms with Gasteiger partial charge in [0.2, 0.25) is 5.76 Å². The van der Waals surface area contributed by atoms with Crippen molar-refractivity contribution in [2.45, 2.75) is 19.4 Å². The molecule has 0 spiro atoms. The van der Waals surface area contributed by atoms with Crippen LogP contribution < -0.4 is 5.43 Å². The maximum atomic E-state index is 13.3. The summed E-state index contributed by atoms with van der Waals surface area (Å²) in [6, 6.07) is 11.5. The Morgan fingerprint density at radius 2 is 1.90 bits per heavy atom. The highest BCUT2D eigenvalue weighted by atomic mass is 35.5. The van der Waals surface area contributed by atoms with Crippen LogP contribution in [0.2, 0.25) is 10.0 Å². The number of carbonyl (C=O) groups excluding carboxylic acids is 1. The van der Waals surface area contributed by atoms with E-state index in [1.807, 2.05) is 6.92 Å². The zero-order chi connectivity index (χ0) is 20.5. The van der Waals surface area contributed by atoms with Gasteiger partial charge in [0.1, 0.15) is 5.58 Å². The Hall–Kier alpha value is -2.34. The molecule has 0 aliphatic carbocycles. The van der Waals surface area contributed by atoms with Gasteiger partial charge in [-0.2, -0.15) is 0 Å². The maximum absolute atomic E-state index is 13.3. The van der Waals surface area contributed by atoms with Crippen LogP contribution in [0.3, 0.4) is 0 Å². The van der Waals surface area contributed by atoms with E-state index in [-0.39, 0.29) is 17.1 Å². The Balaban J connectivity index is 1.86. The number of ether oxygens (including phenoxy) is 1. The third kappa shape index (κ3) is 3.54. The first-order chi connectivity index (χ1) is 14.0. The van der Waals surface area contributed by atoms with Gasteiger partial charge in [0, 0.05) is 19.8 Å². The minimum Gasteiger partial charge on any atom is -0.450 e. The topological polar surface area (TPSA) is 59.8 Å². The second kappa shape index (κ2) is 8.19. The lowest BCUT2D eigenvalue weighted by Gasteiger charge is -2.25. The number of hydrogen-bond acceptors (Lipinski definition) is 4. The van der Waals surface area contributed by atoms with Gasteiger partial charge in [-0.25, -0.2) is 0 Å². The summed E-state index contributed by atoms with van der Waals surface area (Å²) in [5.41, 5.74) is 1.24. The van der Waals surface area contributed by atoms with Gasteiger partial charge in [-0.05, 0) is 43.2 Å². The van der Waals surface area contributed by atoms with E-state index in [1.54, 1.807) is 47.4 Å². The van der Waals surface area contributed by atoms with Crippen LogP contribution in [0.25, 0.3) is 11.0 Å². The monoisotopic (exact) mass is 431 g/mol. The van der Waals surface area contributed by atoms with Gasteiger partial charge >= 0.3 is 0 Å². The van der Waals surface area contributed by atoms with E-state index in [1.165, 1.54) is 0 Å². The van der Waals surface area contributed by atoms with E-state index in [0.717, 1.165) is 0 Å². The highest BCUT2D eigenvalue weighted by molar-refractivity contribution is 6.42. The summed E-state index contributed by atoms with van der Waals surface area (Å²) in [7, 11) is 0. The van der Waals surface area contributed by atoms with Crippen molar-refractivity contribution in [3.05, 3.63) is 79.6 Å². The highest BCUT2D eigenvalue weighted by Gasteiger charge is 2.42. The summed E-state index contributed by atoms with van der Waals surface area (Å²) >= 11 is 12.3. The fourth-order valence-corrected chi connectivity index (χ4v) is 4.01. The van der Waals surface area contributed by atoms with E-state index >= 15 is 0 Å². The molecule has 0 N–H and O–H groups in total. The van der Waals surface area contributed by atoms with E-state index < -0.39 is 6.04 Å². The zero-order valence-electron chi connectivity index (χ0n) is 15.8. The van der Waals surface area contributed by atoms with Crippen LogP contribution in [-0.2, 0) is 4.74 Å². The van der Waals surface area contributed by atoms with Crippen LogP contribution in [0.15, 0.2) is 51.7 Å². The number of carbonyl (C=O) groups is 1. The molecule has 0 saturated heterocycles. The van der Waals surface area contributed by atoms with Gasteiger partial charge in [0.25, 0.3) is 5.91 Å². The molecule has 4 rings (SSSR count). The molecule has 1 aliphatic heterocycles. The molecule has 150 valence electrons. The molecule has 1 unspecified atom stereocenters. The summed E-state index contributed by atoms with van der Waals surface area (Å²) < 4.78 is 11.3. The first kappa shape index (κ1) is 20.0. The number of nitrogens with zero attached hydrogens (tertiary/aromatic N) is 1. The quantitative estimate of drug-likeness (QED) is 0.511. The second-order valence-corrected chi connectivity index (χ2v) is 7.61. The number of fused-ring (bicyclic) bond motifs is 2. The Labute approximate surface area is 177 Å². The second-order valence-electron chi connectivity index (χ2n) is 6.80. The molecule has 3 aromatic rings. The van der Waals surface area contributed by atoms with Crippen LogP contribution in [0.5, 0.6) is 0 Å². The van der Waals surface area contributed by atoms with Crippen molar-refractivity contribution in [1.82, 2.24) is 4.90 Å². The molecule has 0 saturated carbocycles. The Morgan fingerprint density at radius 1 is 1.10 bits per heavy atom. The molecular weight excluding hydrogens is 413 g/mol. The molecule has 0 fully saturated rings. The molecule has 1 aliphatic rings. The van der Waals surface area contributed by atoms with Crippen LogP contribution in [0, 0.1) is 0 Å². The van der Waals surface area contributed by atoms with E-state index in [0.29, 0.717) is 58.3 Å². The normalized spacial score (nSPS) is 15.9.